The average molecular weight is 272 g/mol. The molecular weight excluding hydrogens is 262 g/mol. The second-order valence-corrected chi connectivity index (χ2v) is 5.08. The second-order valence-electron chi connectivity index (χ2n) is 4.23. The first-order valence-corrected chi connectivity index (χ1v) is 5.72. The number of rotatable bonds is 2. The lowest BCUT2D eigenvalue weighted by atomic mass is 10.4. The first-order valence-electron chi connectivity index (χ1n) is 4.92. The fraction of sp³-hybridized carbons (Fsp3) is 0.500. The van der Waals surface area contributed by atoms with E-state index in [2.05, 4.69) is 20.8 Å². The van der Waals surface area contributed by atoms with Gasteiger partial charge in [-0.2, -0.15) is 0 Å². The van der Waals surface area contributed by atoms with E-state index in [0.717, 1.165) is 29.4 Å². The monoisotopic (exact) mass is 271 g/mol. The summed E-state index contributed by atoms with van der Waals surface area (Å²) in [6, 6.07) is 1.52. The molecule has 1 aromatic rings. The van der Waals surface area contributed by atoms with Crippen molar-refractivity contribution in [2.45, 2.75) is 6.42 Å². The Balaban J connectivity index is 1.87. The van der Waals surface area contributed by atoms with Crippen LogP contribution in [0.15, 0.2) is 15.0 Å². The highest BCUT2D eigenvalue weighted by Gasteiger charge is 2.46. The van der Waals surface area contributed by atoms with Crippen LogP contribution in [0.2, 0.25) is 0 Å². The molecule has 2 heterocycles. The predicted molar refractivity (Wildman–Crippen MR) is 57.2 cm³/mol. The summed E-state index contributed by atoms with van der Waals surface area (Å²) in [7, 11) is 0. The first kappa shape index (κ1) is 9.27. The van der Waals surface area contributed by atoms with Crippen LogP contribution >= 0.6 is 15.9 Å². The number of anilines is 1. The number of nitrogens with zero attached hydrogens (tertiary/aromatic N) is 1. The zero-order valence-electron chi connectivity index (χ0n) is 7.94. The quantitative estimate of drug-likeness (QED) is 0.896. The number of carbonyl (C=O) groups is 1. The van der Waals surface area contributed by atoms with E-state index in [-0.39, 0.29) is 5.76 Å². The molecule has 2 unspecified atom stereocenters. The molecule has 1 aliphatic carbocycles. The van der Waals surface area contributed by atoms with E-state index < -0.39 is 5.97 Å². The molecule has 0 amide bonds. The van der Waals surface area contributed by atoms with Gasteiger partial charge in [-0.15, -0.1) is 0 Å². The second kappa shape index (κ2) is 3.01. The first-order chi connectivity index (χ1) is 7.15. The minimum Gasteiger partial charge on any atom is -0.475 e. The Hall–Kier alpha value is -0.970. The zero-order valence-corrected chi connectivity index (χ0v) is 9.53. The van der Waals surface area contributed by atoms with Gasteiger partial charge in [0, 0.05) is 19.2 Å². The van der Waals surface area contributed by atoms with E-state index in [0.29, 0.717) is 5.88 Å². The highest BCUT2D eigenvalue weighted by Crippen LogP contribution is 2.47. The molecule has 1 N–H and O–H groups in total. The minimum atomic E-state index is -1.02. The molecule has 2 aliphatic rings. The summed E-state index contributed by atoms with van der Waals surface area (Å²) >= 11 is 3.33. The maximum Gasteiger partial charge on any atom is 0.371 e. The molecule has 1 saturated carbocycles. The third kappa shape index (κ3) is 1.45. The lowest BCUT2D eigenvalue weighted by Gasteiger charge is -2.16. The minimum absolute atomic E-state index is 0.00236. The van der Waals surface area contributed by atoms with Gasteiger partial charge < -0.3 is 14.4 Å². The molecule has 3 rings (SSSR count). The predicted octanol–water partition coefficient (Wildman–Crippen LogP) is 2.20. The van der Waals surface area contributed by atoms with Gasteiger partial charge in [0.2, 0.25) is 11.6 Å². The molecule has 2 atom stereocenters. The molecule has 0 aromatic carbocycles. The summed E-state index contributed by atoms with van der Waals surface area (Å²) in [5.74, 6) is 1.24. The summed E-state index contributed by atoms with van der Waals surface area (Å²) in [4.78, 5) is 12.8. The summed E-state index contributed by atoms with van der Waals surface area (Å²) in [6.07, 6.45) is 1.32. The van der Waals surface area contributed by atoms with Crippen molar-refractivity contribution in [2.75, 3.05) is 18.0 Å². The van der Waals surface area contributed by atoms with Gasteiger partial charge in [-0.05, 0) is 34.2 Å². The third-order valence-corrected chi connectivity index (χ3v) is 3.71. The molecule has 15 heavy (non-hydrogen) atoms. The Bertz CT molecular complexity index is 418. The molecule has 0 bridgehead atoms. The topological polar surface area (TPSA) is 53.7 Å². The fourth-order valence-corrected chi connectivity index (χ4v) is 2.78. The van der Waals surface area contributed by atoms with Crippen molar-refractivity contribution in [1.82, 2.24) is 0 Å². The van der Waals surface area contributed by atoms with Gasteiger partial charge in [-0.1, -0.05) is 0 Å². The van der Waals surface area contributed by atoms with Gasteiger partial charge in [0.15, 0.2) is 0 Å². The van der Waals surface area contributed by atoms with Gasteiger partial charge in [-0.3, -0.25) is 0 Å². The summed E-state index contributed by atoms with van der Waals surface area (Å²) in [5.41, 5.74) is 0. The molecule has 1 aromatic heterocycles. The maximum atomic E-state index is 10.7. The van der Waals surface area contributed by atoms with Gasteiger partial charge in [0.1, 0.15) is 0 Å². The molecule has 80 valence electrons. The summed E-state index contributed by atoms with van der Waals surface area (Å²) < 4.78 is 6.05. The third-order valence-electron chi connectivity index (χ3n) is 3.15. The fourth-order valence-electron chi connectivity index (χ4n) is 2.24. The van der Waals surface area contributed by atoms with E-state index >= 15 is 0 Å². The molecule has 1 saturated heterocycles. The van der Waals surface area contributed by atoms with E-state index in [1.54, 1.807) is 0 Å². The molecule has 0 radical (unpaired) electrons. The lowest BCUT2D eigenvalue weighted by Crippen LogP contribution is -2.21. The van der Waals surface area contributed by atoms with Gasteiger partial charge in [0.05, 0.1) is 4.47 Å². The number of hydrogen-bond donors (Lipinski definition) is 1. The number of aromatic carboxylic acids is 1. The van der Waals surface area contributed by atoms with Crippen molar-refractivity contribution in [1.29, 1.82) is 0 Å². The molecular formula is C10H10BrNO3. The number of carboxylic acid groups (broad SMARTS) is 1. The Kier molecular flexibility index (Phi) is 1.86. The van der Waals surface area contributed by atoms with Gasteiger partial charge >= 0.3 is 5.97 Å². The van der Waals surface area contributed by atoms with Crippen molar-refractivity contribution in [2.24, 2.45) is 11.8 Å². The van der Waals surface area contributed by atoms with Gasteiger partial charge in [0.25, 0.3) is 0 Å². The van der Waals surface area contributed by atoms with Crippen LogP contribution < -0.4 is 4.90 Å². The highest BCUT2D eigenvalue weighted by atomic mass is 79.9. The Morgan fingerprint density at radius 3 is 2.73 bits per heavy atom. The summed E-state index contributed by atoms with van der Waals surface area (Å²) in [5, 5.41) is 8.79. The Labute approximate surface area is 95.0 Å². The van der Waals surface area contributed by atoms with Gasteiger partial charge in [-0.25, -0.2) is 4.79 Å². The number of furan rings is 1. The normalized spacial score (nSPS) is 27.9. The standard InChI is InChI=1S/C10H10BrNO3/c11-7-2-8(10(13)14)15-9(7)12-3-5-1-6(5)4-12/h2,5-6H,1,3-4H2,(H,13,14). The highest BCUT2D eigenvalue weighted by molar-refractivity contribution is 9.10. The van der Waals surface area contributed by atoms with Crippen molar-refractivity contribution in [3.8, 4) is 0 Å². The molecule has 2 fully saturated rings. The SMILES string of the molecule is O=C(O)c1cc(Br)c(N2CC3CC3C2)o1. The van der Waals surface area contributed by atoms with Crippen LogP contribution in [-0.4, -0.2) is 24.2 Å². The largest absolute Gasteiger partial charge is 0.475 e. The van der Waals surface area contributed by atoms with Crippen LogP contribution in [0.3, 0.4) is 0 Å². The van der Waals surface area contributed by atoms with E-state index in [1.165, 1.54) is 12.5 Å². The molecule has 4 nitrogen and oxygen atoms in total. The zero-order chi connectivity index (χ0) is 10.6. The lowest BCUT2D eigenvalue weighted by molar-refractivity contribution is 0.0663. The Morgan fingerprint density at radius 1 is 1.53 bits per heavy atom. The van der Waals surface area contributed by atoms with E-state index in [1.807, 2.05) is 0 Å². The van der Waals surface area contributed by atoms with Crippen LogP contribution in [0.4, 0.5) is 5.88 Å². The number of carboxylic acids is 1. The Morgan fingerprint density at radius 2 is 2.20 bits per heavy atom. The molecule has 1 aliphatic heterocycles. The number of halogens is 1. The van der Waals surface area contributed by atoms with Crippen molar-refractivity contribution >= 4 is 27.8 Å². The van der Waals surface area contributed by atoms with Crippen LogP contribution in [0, 0.1) is 11.8 Å². The smallest absolute Gasteiger partial charge is 0.371 e. The molecule has 0 spiro atoms. The van der Waals surface area contributed by atoms with Crippen LogP contribution in [0.5, 0.6) is 0 Å². The van der Waals surface area contributed by atoms with Crippen molar-refractivity contribution in [3.05, 3.63) is 16.3 Å². The molecule has 5 heteroatoms. The maximum absolute atomic E-state index is 10.7. The van der Waals surface area contributed by atoms with Crippen molar-refractivity contribution < 1.29 is 14.3 Å². The summed E-state index contributed by atoms with van der Waals surface area (Å²) in [6.45, 7) is 1.99. The van der Waals surface area contributed by atoms with E-state index in [9.17, 15) is 4.79 Å². The number of fused-ring (bicyclic) bond motifs is 1. The van der Waals surface area contributed by atoms with E-state index in [4.69, 9.17) is 9.52 Å². The number of hydrogen-bond acceptors (Lipinski definition) is 3. The van der Waals surface area contributed by atoms with Crippen LogP contribution in [0.1, 0.15) is 17.0 Å². The average Bonchev–Trinajstić information content (AvgIpc) is 2.62. The van der Waals surface area contributed by atoms with Crippen LogP contribution in [0.25, 0.3) is 0 Å². The van der Waals surface area contributed by atoms with Crippen molar-refractivity contribution in [3.63, 3.8) is 0 Å². The van der Waals surface area contributed by atoms with Crippen LogP contribution in [-0.2, 0) is 0 Å². The number of piperidine rings is 1.